The predicted octanol–water partition coefficient (Wildman–Crippen LogP) is 5.24. The van der Waals surface area contributed by atoms with E-state index in [1.165, 1.54) is 19.3 Å². The van der Waals surface area contributed by atoms with Gasteiger partial charge in [-0.2, -0.15) is 0 Å². The molecular weight excluding hydrogens is 366 g/mol. The highest BCUT2D eigenvalue weighted by Gasteiger charge is 2.30. The second-order valence-electron chi connectivity index (χ2n) is 10.8. The fourth-order valence-electron chi connectivity index (χ4n) is 3.21. The van der Waals surface area contributed by atoms with Crippen LogP contribution in [0.25, 0.3) is 0 Å². The molecule has 0 radical (unpaired) electrons. The summed E-state index contributed by atoms with van der Waals surface area (Å²) in [6, 6.07) is -0.341. The van der Waals surface area contributed by atoms with Crippen molar-refractivity contribution in [3.05, 3.63) is 0 Å². The number of carbonyl (C=O) groups is 2. The lowest BCUT2D eigenvalue weighted by Gasteiger charge is -2.31. The first-order valence-corrected chi connectivity index (χ1v) is 11.4. The van der Waals surface area contributed by atoms with E-state index in [2.05, 4.69) is 19.2 Å². The van der Waals surface area contributed by atoms with Gasteiger partial charge in [0.15, 0.2) is 0 Å². The average molecular weight is 414 g/mol. The van der Waals surface area contributed by atoms with Crippen LogP contribution in [0.15, 0.2) is 0 Å². The molecule has 5 nitrogen and oxygen atoms in total. The van der Waals surface area contributed by atoms with E-state index in [0.29, 0.717) is 6.42 Å². The number of carbonyl (C=O) groups excluding carboxylic acids is 2. The maximum absolute atomic E-state index is 12.9. The molecule has 0 aromatic heterocycles. The predicted molar refractivity (Wildman–Crippen MR) is 120 cm³/mol. The number of ether oxygens (including phenoxy) is 1. The highest BCUT2D eigenvalue weighted by atomic mass is 16.6. The largest absolute Gasteiger partial charge is 0.460 e. The summed E-state index contributed by atoms with van der Waals surface area (Å²) >= 11 is 0. The van der Waals surface area contributed by atoms with Gasteiger partial charge in [0, 0.05) is 5.92 Å². The Labute approximate surface area is 179 Å². The van der Waals surface area contributed by atoms with Crippen molar-refractivity contribution in [2.75, 3.05) is 6.61 Å². The standard InChI is InChI=1S/C24H47NO4/c1-18(2)14-12-10-9-11-13-15-19(16-21(27)29-24(6,7)8)22(28)25-20(17-26)23(3,4)5/h18-20,26H,9-17H2,1-8H3,(H,25,28)/t19-,20-/m1/s1. The first-order valence-electron chi connectivity index (χ1n) is 11.4. The fourth-order valence-corrected chi connectivity index (χ4v) is 3.21. The fraction of sp³-hybridized carbons (Fsp3) is 0.917. The van der Waals surface area contributed by atoms with Gasteiger partial charge in [-0.3, -0.25) is 9.59 Å². The minimum atomic E-state index is -0.562. The third kappa shape index (κ3) is 14.5. The molecule has 0 heterocycles. The summed E-state index contributed by atoms with van der Waals surface area (Å²) in [5, 5.41) is 12.6. The van der Waals surface area contributed by atoms with E-state index >= 15 is 0 Å². The lowest BCUT2D eigenvalue weighted by molar-refractivity contribution is -0.157. The number of unbranched alkanes of at least 4 members (excludes halogenated alkanes) is 4. The van der Waals surface area contributed by atoms with Crippen LogP contribution in [0.4, 0.5) is 0 Å². The lowest BCUT2D eigenvalue weighted by atomic mass is 9.86. The van der Waals surface area contributed by atoms with Gasteiger partial charge in [0.25, 0.3) is 0 Å². The van der Waals surface area contributed by atoms with Crippen molar-refractivity contribution in [1.29, 1.82) is 0 Å². The highest BCUT2D eigenvalue weighted by Crippen LogP contribution is 2.22. The number of nitrogens with one attached hydrogen (secondary N) is 1. The number of amides is 1. The Morgan fingerprint density at radius 1 is 0.897 bits per heavy atom. The van der Waals surface area contributed by atoms with Crippen molar-refractivity contribution < 1.29 is 19.4 Å². The topological polar surface area (TPSA) is 75.6 Å². The number of hydrogen-bond donors (Lipinski definition) is 2. The SMILES string of the molecule is CC(C)CCCCCCC[C@H](CC(=O)OC(C)(C)C)C(=O)N[C@H](CO)C(C)(C)C. The first kappa shape index (κ1) is 27.9. The van der Waals surface area contributed by atoms with Crippen LogP contribution < -0.4 is 5.32 Å². The minimum absolute atomic E-state index is 0.0821. The molecule has 0 saturated heterocycles. The van der Waals surface area contributed by atoms with Crippen LogP contribution in [0.5, 0.6) is 0 Å². The smallest absolute Gasteiger partial charge is 0.307 e. The number of aliphatic hydroxyl groups is 1. The molecule has 0 bridgehead atoms. The van der Waals surface area contributed by atoms with Crippen molar-refractivity contribution in [1.82, 2.24) is 5.32 Å². The highest BCUT2D eigenvalue weighted by molar-refractivity contribution is 5.84. The molecule has 172 valence electrons. The molecule has 0 aliphatic heterocycles. The van der Waals surface area contributed by atoms with Gasteiger partial charge < -0.3 is 15.2 Å². The number of aliphatic hydroxyl groups excluding tert-OH is 1. The number of hydrogen-bond acceptors (Lipinski definition) is 4. The van der Waals surface area contributed by atoms with Gasteiger partial charge in [-0.05, 0) is 38.5 Å². The summed E-state index contributed by atoms with van der Waals surface area (Å²) < 4.78 is 5.43. The second-order valence-corrected chi connectivity index (χ2v) is 10.8. The molecule has 2 N–H and O–H groups in total. The molecule has 29 heavy (non-hydrogen) atoms. The molecule has 2 atom stereocenters. The van der Waals surface area contributed by atoms with Gasteiger partial charge in [0.1, 0.15) is 5.60 Å². The van der Waals surface area contributed by atoms with E-state index in [-0.39, 0.29) is 36.4 Å². The van der Waals surface area contributed by atoms with Crippen LogP contribution in [-0.2, 0) is 14.3 Å². The molecule has 0 aromatic rings. The van der Waals surface area contributed by atoms with Gasteiger partial charge in [0.05, 0.1) is 19.1 Å². The van der Waals surface area contributed by atoms with Crippen LogP contribution in [0.3, 0.4) is 0 Å². The van der Waals surface area contributed by atoms with E-state index in [0.717, 1.165) is 25.2 Å². The molecule has 0 aliphatic rings. The maximum Gasteiger partial charge on any atom is 0.307 e. The van der Waals surface area contributed by atoms with Crippen LogP contribution in [0.1, 0.15) is 107 Å². The van der Waals surface area contributed by atoms with Crippen molar-refractivity contribution in [2.24, 2.45) is 17.3 Å². The van der Waals surface area contributed by atoms with E-state index < -0.39 is 11.5 Å². The second kappa shape index (κ2) is 13.3. The summed E-state index contributed by atoms with van der Waals surface area (Å²) in [4.78, 5) is 25.2. The molecule has 1 amide bonds. The third-order valence-electron chi connectivity index (χ3n) is 5.08. The molecule has 0 aliphatic carbocycles. The van der Waals surface area contributed by atoms with Crippen molar-refractivity contribution >= 4 is 11.9 Å². The maximum atomic E-state index is 12.9. The Morgan fingerprint density at radius 3 is 1.86 bits per heavy atom. The number of esters is 1. The third-order valence-corrected chi connectivity index (χ3v) is 5.08. The summed E-state index contributed by atoms with van der Waals surface area (Å²) in [5.74, 6) is -0.174. The minimum Gasteiger partial charge on any atom is -0.460 e. The molecular formula is C24H47NO4. The molecule has 5 heteroatoms. The van der Waals surface area contributed by atoms with Gasteiger partial charge in [-0.25, -0.2) is 0 Å². The monoisotopic (exact) mass is 413 g/mol. The van der Waals surface area contributed by atoms with E-state index in [9.17, 15) is 14.7 Å². The Balaban J connectivity index is 4.75. The van der Waals surface area contributed by atoms with Crippen molar-refractivity contribution in [3.8, 4) is 0 Å². The van der Waals surface area contributed by atoms with E-state index in [4.69, 9.17) is 4.74 Å². The number of rotatable bonds is 13. The quantitative estimate of drug-likeness (QED) is 0.320. The molecule has 0 saturated carbocycles. The Bertz CT molecular complexity index is 474. The summed E-state index contributed by atoms with van der Waals surface area (Å²) in [7, 11) is 0. The van der Waals surface area contributed by atoms with E-state index in [1.54, 1.807) is 0 Å². The summed E-state index contributed by atoms with van der Waals surface area (Å²) in [6.07, 6.45) is 7.63. The van der Waals surface area contributed by atoms with Crippen LogP contribution >= 0.6 is 0 Å². The van der Waals surface area contributed by atoms with Crippen LogP contribution in [-0.4, -0.2) is 35.2 Å². The first-order chi connectivity index (χ1) is 13.3. The molecule has 0 rings (SSSR count). The average Bonchev–Trinajstić information content (AvgIpc) is 2.54. The zero-order valence-electron chi connectivity index (χ0n) is 20.3. The zero-order valence-corrected chi connectivity index (χ0v) is 20.3. The van der Waals surface area contributed by atoms with Gasteiger partial charge in [-0.15, -0.1) is 0 Å². The summed E-state index contributed by atoms with van der Waals surface area (Å²) in [5.41, 5.74) is -0.815. The molecule has 0 unspecified atom stereocenters. The Kier molecular flexibility index (Phi) is 12.7. The normalized spacial score (nSPS) is 14.6. The Hall–Kier alpha value is -1.10. The zero-order chi connectivity index (χ0) is 22.7. The lowest BCUT2D eigenvalue weighted by Crippen LogP contribution is -2.48. The Morgan fingerprint density at radius 2 is 1.41 bits per heavy atom. The van der Waals surface area contributed by atoms with E-state index in [1.807, 2.05) is 41.5 Å². The van der Waals surface area contributed by atoms with Crippen molar-refractivity contribution in [2.45, 2.75) is 118 Å². The summed E-state index contributed by atoms with van der Waals surface area (Å²) in [6.45, 7) is 15.8. The van der Waals surface area contributed by atoms with Gasteiger partial charge in [0.2, 0.25) is 5.91 Å². The molecule has 0 aromatic carbocycles. The van der Waals surface area contributed by atoms with Gasteiger partial charge >= 0.3 is 5.97 Å². The van der Waals surface area contributed by atoms with Crippen molar-refractivity contribution in [3.63, 3.8) is 0 Å². The van der Waals surface area contributed by atoms with Gasteiger partial charge in [-0.1, -0.05) is 73.1 Å². The van der Waals surface area contributed by atoms with Crippen LogP contribution in [0.2, 0.25) is 0 Å². The molecule has 0 spiro atoms. The molecule has 0 fully saturated rings. The van der Waals surface area contributed by atoms with Crippen LogP contribution in [0, 0.1) is 17.3 Å².